The molecule has 4 saturated carbocycles. The van der Waals surface area contributed by atoms with Crippen LogP contribution in [0.3, 0.4) is 0 Å². The summed E-state index contributed by atoms with van der Waals surface area (Å²) in [5, 5.41) is 85.9. The number of aliphatic hydroxyl groups is 8. The fourth-order valence-electron chi connectivity index (χ4n) is 14.6. The van der Waals surface area contributed by atoms with E-state index in [-0.39, 0.29) is 23.0 Å². The van der Waals surface area contributed by atoms with Gasteiger partial charge in [0.25, 0.3) is 0 Å². The third-order valence-corrected chi connectivity index (χ3v) is 18.2. The van der Waals surface area contributed by atoms with E-state index in [1.54, 1.807) is 0 Å². The Labute approximate surface area is 359 Å². The monoisotopic (exact) mass is 870 g/mol. The van der Waals surface area contributed by atoms with Gasteiger partial charge in [0.2, 0.25) is 0 Å². The van der Waals surface area contributed by atoms with Crippen LogP contribution in [0.1, 0.15) is 106 Å². The van der Waals surface area contributed by atoms with Crippen LogP contribution in [0.25, 0.3) is 0 Å². The molecular weight excluding hydrogens is 796 g/mol. The molecule has 9 rings (SSSR count). The van der Waals surface area contributed by atoms with E-state index < -0.39 is 105 Å². The van der Waals surface area contributed by atoms with Crippen LogP contribution in [-0.4, -0.2) is 164 Å². The highest BCUT2D eigenvalue weighted by molar-refractivity contribution is 5.15. The minimum Gasteiger partial charge on any atom is -0.394 e. The summed E-state index contributed by atoms with van der Waals surface area (Å²) in [6.07, 6.45) is -11.0. The molecule has 5 saturated heterocycles. The molecule has 61 heavy (non-hydrogen) atoms. The van der Waals surface area contributed by atoms with E-state index >= 15 is 0 Å². The van der Waals surface area contributed by atoms with Crippen molar-refractivity contribution in [3.8, 4) is 0 Å². The van der Waals surface area contributed by atoms with Crippen molar-refractivity contribution in [3.05, 3.63) is 0 Å². The summed E-state index contributed by atoms with van der Waals surface area (Å²) in [5.41, 5.74) is 0.350. The zero-order chi connectivity index (χ0) is 43.5. The molecule has 16 nitrogen and oxygen atoms in total. The summed E-state index contributed by atoms with van der Waals surface area (Å²) in [7, 11) is 0. The predicted molar refractivity (Wildman–Crippen MR) is 213 cm³/mol. The number of ether oxygens (including phenoxy) is 8. The lowest BCUT2D eigenvalue weighted by molar-refractivity contribution is -0.389. The standard InChI is InChI=1S/C45H74O16/c1-19-9-14-45(54-18-19)20(2)30-28(61-45)16-27-25-8-7-23-15-24(10-12-43(23,5)26(25)11-13-44(27,30)6)57-42-39(60-41-36(52)34(50)32(48)22(4)56-41)37(53)38(29(17-46)58-42)59-40-35(51)33(49)31(47)21(3)55-40/h19-42,46-53H,7-18H2,1-6H3/t19-,20+,21-,22+,23-,24+,25?,26?,27?,28?,29-,30?,31-,32+,33+,34-,35-,36-,37+,38-,39-,40-,41+,42?,43+,44+,45?/m1/s1. The molecule has 0 aromatic heterocycles. The van der Waals surface area contributed by atoms with Crippen molar-refractivity contribution in [1.82, 2.24) is 0 Å². The minimum absolute atomic E-state index is 0.122. The molecule has 5 aliphatic heterocycles. The van der Waals surface area contributed by atoms with Gasteiger partial charge in [-0.25, -0.2) is 0 Å². The highest BCUT2D eigenvalue weighted by Crippen LogP contribution is 2.71. The van der Waals surface area contributed by atoms with Gasteiger partial charge in [-0.2, -0.15) is 0 Å². The molecule has 5 heterocycles. The van der Waals surface area contributed by atoms with Crippen molar-refractivity contribution in [2.75, 3.05) is 13.2 Å². The summed E-state index contributed by atoms with van der Waals surface area (Å²) in [6, 6.07) is 0. The average molecular weight is 871 g/mol. The van der Waals surface area contributed by atoms with Crippen molar-refractivity contribution in [3.63, 3.8) is 0 Å². The molecule has 8 N–H and O–H groups in total. The predicted octanol–water partition coefficient (Wildman–Crippen LogP) is 1.32. The van der Waals surface area contributed by atoms with E-state index in [1.807, 2.05) is 0 Å². The molecule has 7 unspecified atom stereocenters. The third-order valence-electron chi connectivity index (χ3n) is 18.2. The van der Waals surface area contributed by atoms with E-state index in [0.717, 1.165) is 58.0 Å². The summed E-state index contributed by atoms with van der Waals surface area (Å²) in [6.45, 7) is 12.9. The van der Waals surface area contributed by atoms with E-state index in [4.69, 9.17) is 37.9 Å². The second-order valence-electron chi connectivity index (χ2n) is 21.5. The van der Waals surface area contributed by atoms with Crippen molar-refractivity contribution in [2.24, 2.45) is 52.3 Å². The number of hydrogen-bond acceptors (Lipinski definition) is 16. The molecule has 4 aliphatic carbocycles. The van der Waals surface area contributed by atoms with Crippen LogP contribution in [-0.2, 0) is 37.9 Å². The Kier molecular flexibility index (Phi) is 12.6. The molecule has 16 heteroatoms. The summed E-state index contributed by atoms with van der Waals surface area (Å²) in [5.74, 6) is 3.27. The number of fused-ring (bicyclic) bond motifs is 7. The van der Waals surface area contributed by atoms with Gasteiger partial charge in [0, 0.05) is 12.3 Å². The van der Waals surface area contributed by atoms with Crippen LogP contribution in [0.2, 0.25) is 0 Å². The normalized spacial score (nSPS) is 59.7. The van der Waals surface area contributed by atoms with Crippen molar-refractivity contribution in [2.45, 2.75) is 216 Å². The van der Waals surface area contributed by atoms with Crippen LogP contribution in [0.15, 0.2) is 0 Å². The maximum atomic E-state index is 12.0. The first kappa shape index (κ1) is 45.5. The maximum Gasteiger partial charge on any atom is 0.187 e. The van der Waals surface area contributed by atoms with Crippen LogP contribution >= 0.6 is 0 Å². The Morgan fingerprint density at radius 3 is 1.85 bits per heavy atom. The number of rotatable bonds is 7. The molecule has 0 aromatic carbocycles. The maximum absolute atomic E-state index is 12.0. The van der Waals surface area contributed by atoms with Crippen molar-refractivity contribution >= 4 is 0 Å². The Morgan fingerprint density at radius 1 is 0.590 bits per heavy atom. The molecule has 0 amide bonds. The van der Waals surface area contributed by atoms with Crippen LogP contribution in [0.4, 0.5) is 0 Å². The van der Waals surface area contributed by atoms with E-state index in [2.05, 4.69) is 27.7 Å². The lowest BCUT2D eigenvalue weighted by atomic mass is 9.44. The van der Waals surface area contributed by atoms with Crippen LogP contribution in [0.5, 0.6) is 0 Å². The number of aliphatic hydroxyl groups excluding tert-OH is 8. The van der Waals surface area contributed by atoms with Gasteiger partial charge in [0.1, 0.15) is 61.0 Å². The second-order valence-corrected chi connectivity index (χ2v) is 21.5. The molecule has 27 atom stereocenters. The summed E-state index contributed by atoms with van der Waals surface area (Å²) >= 11 is 0. The lowest BCUT2D eigenvalue weighted by Gasteiger charge is -2.61. The van der Waals surface area contributed by atoms with Gasteiger partial charge in [0.15, 0.2) is 24.7 Å². The topological polar surface area (TPSA) is 236 Å². The van der Waals surface area contributed by atoms with E-state index in [9.17, 15) is 40.9 Å². The van der Waals surface area contributed by atoms with Gasteiger partial charge >= 0.3 is 0 Å². The molecule has 0 bridgehead atoms. The van der Waals surface area contributed by atoms with Gasteiger partial charge in [-0.15, -0.1) is 0 Å². The Balaban J connectivity index is 0.897. The zero-order valence-corrected chi connectivity index (χ0v) is 36.7. The first-order valence-electron chi connectivity index (χ1n) is 23.5. The van der Waals surface area contributed by atoms with Crippen LogP contribution < -0.4 is 0 Å². The molecule has 0 aromatic rings. The van der Waals surface area contributed by atoms with Gasteiger partial charge in [-0.1, -0.05) is 27.7 Å². The van der Waals surface area contributed by atoms with Gasteiger partial charge < -0.3 is 78.7 Å². The minimum atomic E-state index is -1.70. The van der Waals surface area contributed by atoms with E-state index in [0.29, 0.717) is 41.4 Å². The zero-order valence-electron chi connectivity index (χ0n) is 36.7. The van der Waals surface area contributed by atoms with Gasteiger partial charge in [-0.05, 0) is 118 Å². The molecule has 9 aliphatic rings. The molecule has 9 fully saturated rings. The first-order chi connectivity index (χ1) is 28.9. The highest BCUT2D eigenvalue weighted by Gasteiger charge is 2.69. The molecule has 350 valence electrons. The average Bonchev–Trinajstić information content (AvgIpc) is 3.69. The summed E-state index contributed by atoms with van der Waals surface area (Å²) < 4.78 is 50.3. The number of hydrogen-bond donors (Lipinski definition) is 8. The van der Waals surface area contributed by atoms with Crippen molar-refractivity contribution < 1.29 is 78.7 Å². The summed E-state index contributed by atoms with van der Waals surface area (Å²) in [4.78, 5) is 0. The van der Waals surface area contributed by atoms with E-state index in [1.165, 1.54) is 26.7 Å². The molecule has 0 radical (unpaired) electrons. The molecule has 1 spiro atoms. The lowest BCUT2D eigenvalue weighted by Crippen LogP contribution is -2.66. The Morgan fingerprint density at radius 2 is 1.23 bits per heavy atom. The SMILES string of the molecule is C[C@@H]1CCC2(OC1)OC1CC3C4CC[C@@H]5C[C@@H](OC6O[C@H](CO)[C@@H](O[C@H]7O[C@H](C)[C@@H](O)[C@H](O)[C@H]7O)[C@H](O)[C@H]6O[C@@H]6O[C@@H](C)[C@H](O)[C@@H](O)[C@H]6O)CC[C@]5(C)C4CC[C@]3(C)C1[C@@H]2C. The highest BCUT2D eigenvalue weighted by atomic mass is 16.8. The largest absolute Gasteiger partial charge is 0.394 e. The quantitative estimate of drug-likeness (QED) is 0.169. The fourth-order valence-corrected chi connectivity index (χ4v) is 14.6. The third kappa shape index (κ3) is 7.50. The first-order valence-corrected chi connectivity index (χ1v) is 23.5. The van der Waals surface area contributed by atoms with Gasteiger partial charge in [-0.3, -0.25) is 0 Å². The van der Waals surface area contributed by atoms with Gasteiger partial charge in [0.05, 0.1) is 37.6 Å². The van der Waals surface area contributed by atoms with Crippen molar-refractivity contribution in [1.29, 1.82) is 0 Å². The second kappa shape index (κ2) is 16.9. The smallest absolute Gasteiger partial charge is 0.187 e. The fraction of sp³-hybridized carbons (Fsp3) is 1.00. The Hall–Kier alpha value is -0.640. The molecular formula is C45H74O16. The Bertz CT molecular complexity index is 1530. The van der Waals surface area contributed by atoms with Crippen LogP contribution in [0, 0.1) is 52.3 Å².